The number of rotatable bonds is 5. The fourth-order valence-electron chi connectivity index (χ4n) is 3.80. The molecule has 1 atom stereocenters. The smallest absolute Gasteiger partial charge is 0.254 e. The molecule has 148 valence electrons. The maximum Gasteiger partial charge on any atom is 0.254 e. The third-order valence-corrected chi connectivity index (χ3v) is 5.75. The van der Waals surface area contributed by atoms with E-state index in [1.807, 2.05) is 4.90 Å². The third-order valence-electron chi connectivity index (χ3n) is 5.75. The topological polar surface area (TPSA) is 64.9 Å². The van der Waals surface area contributed by atoms with Crippen molar-refractivity contribution in [1.29, 1.82) is 0 Å². The second-order valence-corrected chi connectivity index (χ2v) is 7.86. The monoisotopic (exact) mass is 380 g/mol. The number of amides is 1. The number of piperazine rings is 1. The molecule has 0 aliphatic carbocycles. The summed E-state index contributed by atoms with van der Waals surface area (Å²) in [5.74, 6) is -0.848. The van der Waals surface area contributed by atoms with Crippen molar-refractivity contribution in [1.82, 2.24) is 4.90 Å². The largest absolute Gasteiger partial charge is 0.545 e. The summed E-state index contributed by atoms with van der Waals surface area (Å²) >= 11 is 0. The van der Waals surface area contributed by atoms with Gasteiger partial charge in [0, 0.05) is 11.1 Å². The van der Waals surface area contributed by atoms with Crippen LogP contribution in [-0.2, 0) is 0 Å². The molecule has 0 spiro atoms. The molecule has 1 saturated heterocycles. The van der Waals surface area contributed by atoms with Gasteiger partial charge in [0.05, 0.1) is 32.1 Å². The zero-order valence-electron chi connectivity index (χ0n) is 16.8. The van der Waals surface area contributed by atoms with E-state index < -0.39 is 5.97 Å². The van der Waals surface area contributed by atoms with Gasteiger partial charge in [-0.1, -0.05) is 50.2 Å². The highest BCUT2D eigenvalue weighted by Gasteiger charge is 2.28. The average Bonchev–Trinajstić information content (AvgIpc) is 2.73. The second-order valence-electron chi connectivity index (χ2n) is 7.86. The summed E-state index contributed by atoms with van der Waals surface area (Å²) in [6.45, 7) is 9.71. The lowest BCUT2D eigenvalue weighted by molar-refractivity contribution is -0.933. The lowest BCUT2D eigenvalue weighted by Crippen LogP contribution is -3.14. The Hall–Kier alpha value is -2.66. The van der Waals surface area contributed by atoms with E-state index in [0.717, 1.165) is 13.1 Å². The molecule has 1 heterocycles. The molecule has 0 unspecified atom stereocenters. The van der Waals surface area contributed by atoms with E-state index in [9.17, 15) is 14.7 Å². The molecule has 1 fully saturated rings. The molecule has 28 heavy (non-hydrogen) atoms. The molecule has 3 rings (SSSR count). The van der Waals surface area contributed by atoms with Gasteiger partial charge >= 0.3 is 0 Å². The van der Waals surface area contributed by atoms with Gasteiger partial charge < -0.3 is 19.7 Å². The minimum atomic E-state index is -1.26. The highest BCUT2D eigenvalue weighted by Crippen LogP contribution is 2.17. The summed E-state index contributed by atoms with van der Waals surface area (Å²) in [6, 6.07) is 15.3. The third kappa shape index (κ3) is 4.42. The number of carbonyl (C=O) groups excluding carboxylic acids is 2. The Bertz CT molecular complexity index is 837. The lowest BCUT2D eigenvalue weighted by Gasteiger charge is -2.35. The van der Waals surface area contributed by atoms with Gasteiger partial charge in [0.2, 0.25) is 0 Å². The van der Waals surface area contributed by atoms with Gasteiger partial charge in [-0.3, -0.25) is 4.79 Å². The second kappa shape index (κ2) is 8.57. The maximum atomic E-state index is 12.7. The predicted octanol–water partition coefficient (Wildman–Crippen LogP) is 1.28. The van der Waals surface area contributed by atoms with Crippen molar-refractivity contribution in [3.63, 3.8) is 0 Å². The van der Waals surface area contributed by atoms with E-state index >= 15 is 0 Å². The zero-order valence-corrected chi connectivity index (χ0v) is 16.8. The first-order valence-corrected chi connectivity index (χ1v) is 9.92. The molecule has 0 aromatic heterocycles. The average molecular weight is 380 g/mol. The van der Waals surface area contributed by atoms with Crippen molar-refractivity contribution in [2.75, 3.05) is 26.2 Å². The minimum absolute atomic E-state index is 0.0357. The van der Waals surface area contributed by atoms with Crippen LogP contribution in [0.4, 0.5) is 0 Å². The SMILES string of the molecule is CC(C)c1ccc([C@H](C)[NH+]2CCN(C(=O)c3cccc(C(=O)[O-])c3)CC2)cc1. The van der Waals surface area contributed by atoms with Crippen LogP contribution in [0, 0.1) is 0 Å². The molecular weight excluding hydrogens is 352 g/mol. The first-order valence-electron chi connectivity index (χ1n) is 9.92. The molecule has 1 N–H and O–H groups in total. The van der Waals surface area contributed by atoms with Crippen molar-refractivity contribution in [3.05, 3.63) is 70.8 Å². The van der Waals surface area contributed by atoms with Gasteiger partial charge in [-0.2, -0.15) is 0 Å². The number of hydrogen-bond acceptors (Lipinski definition) is 3. The summed E-state index contributed by atoms with van der Waals surface area (Å²) in [5, 5.41) is 11.0. The van der Waals surface area contributed by atoms with E-state index in [4.69, 9.17) is 0 Å². The van der Waals surface area contributed by atoms with Crippen LogP contribution in [0.15, 0.2) is 48.5 Å². The summed E-state index contributed by atoms with van der Waals surface area (Å²) in [7, 11) is 0. The van der Waals surface area contributed by atoms with Crippen LogP contribution in [0.2, 0.25) is 0 Å². The lowest BCUT2D eigenvalue weighted by atomic mass is 9.99. The van der Waals surface area contributed by atoms with Gasteiger partial charge in [-0.25, -0.2) is 0 Å². The van der Waals surface area contributed by atoms with Crippen LogP contribution >= 0.6 is 0 Å². The van der Waals surface area contributed by atoms with E-state index in [2.05, 4.69) is 45.0 Å². The molecule has 2 aromatic rings. The van der Waals surface area contributed by atoms with Gasteiger partial charge in [0.1, 0.15) is 6.04 Å². The van der Waals surface area contributed by atoms with Crippen molar-refractivity contribution in [3.8, 4) is 0 Å². The van der Waals surface area contributed by atoms with E-state index in [1.54, 1.807) is 12.1 Å². The van der Waals surface area contributed by atoms with E-state index in [1.165, 1.54) is 28.2 Å². The van der Waals surface area contributed by atoms with Gasteiger partial charge in [-0.05, 0) is 36.1 Å². The Labute approximate surface area is 166 Å². The molecule has 1 aliphatic heterocycles. The summed E-state index contributed by atoms with van der Waals surface area (Å²) in [4.78, 5) is 27.0. The first-order chi connectivity index (χ1) is 13.4. The minimum Gasteiger partial charge on any atom is -0.545 e. The molecule has 1 amide bonds. The Balaban J connectivity index is 1.61. The normalized spacial score (nSPS) is 16.2. The van der Waals surface area contributed by atoms with Crippen LogP contribution in [0.1, 0.15) is 64.6 Å². The Morgan fingerprint density at radius 1 is 0.929 bits per heavy atom. The quantitative estimate of drug-likeness (QED) is 0.850. The van der Waals surface area contributed by atoms with Crippen molar-refractivity contribution in [2.24, 2.45) is 0 Å². The maximum absolute atomic E-state index is 12.7. The van der Waals surface area contributed by atoms with Gasteiger partial charge in [0.15, 0.2) is 0 Å². The number of carboxylic acids is 1. The van der Waals surface area contributed by atoms with Crippen molar-refractivity contribution in [2.45, 2.75) is 32.7 Å². The van der Waals surface area contributed by atoms with E-state index in [-0.39, 0.29) is 11.5 Å². The molecule has 5 heteroatoms. The van der Waals surface area contributed by atoms with Crippen molar-refractivity contribution >= 4 is 11.9 Å². The Morgan fingerprint density at radius 3 is 2.07 bits per heavy atom. The number of quaternary nitrogens is 1. The van der Waals surface area contributed by atoms with Crippen LogP contribution < -0.4 is 10.0 Å². The fourth-order valence-corrected chi connectivity index (χ4v) is 3.80. The summed E-state index contributed by atoms with van der Waals surface area (Å²) in [5.41, 5.74) is 3.11. The molecule has 2 aromatic carbocycles. The molecule has 0 saturated carbocycles. The molecule has 0 bridgehead atoms. The van der Waals surface area contributed by atoms with Gasteiger partial charge in [0.25, 0.3) is 5.91 Å². The van der Waals surface area contributed by atoms with Gasteiger partial charge in [-0.15, -0.1) is 0 Å². The molecule has 0 radical (unpaired) electrons. The number of nitrogens with zero attached hydrogens (tertiary/aromatic N) is 1. The van der Waals surface area contributed by atoms with Crippen LogP contribution in [0.5, 0.6) is 0 Å². The Kier molecular flexibility index (Phi) is 6.15. The number of carboxylic acid groups (broad SMARTS) is 1. The van der Waals surface area contributed by atoms with Crippen LogP contribution in [0.3, 0.4) is 0 Å². The number of hydrogen-bond donors (Lipinski definition) is 1. The highest BCUT2D eigenvalue weighted by atomic mass is 16.4. The zero-order chi connectivity index (χ0) is 20.3. The summed E-state index contributed by atoms with van der Waals surface area (Å²) < 4.78 is 0. The van der Waals surface area contributed by atoms with Crippen LogP contribution in [0.25, 0.3) is 0 Å². The number of carbonyl (C=O) groups is 2. The Morgan fingerprint density at radius 2 is 1.50 bits per heavy atom. The van der Waals surface area contributed by atoms with E-state index in [0.29, 0.717) is 30.6 Å². The predicted molar refractivity (Wildman–Crippen MR) is 106 cm³/mol. The van der Waals surface area contributed by atoms with Crippen molar-refractivity contribution < 1.29 is 19.6 Å². The fraction of sp³-hybridized carbons (Fsp3) is 0.391. The van der Waals surface area contributed by atoms with Crippen LogP contribution in [-0.4, -0.2) is 43.0 Å². The highest BCUT2D eigenvalue weighted by molar-refractivity contribution is 5.97. The first kappa shape index (κ1) is 20.1. The number of nitrogens with one attached hydrogen (secondary N) is 1. The molecule has 5 nitrogen and oxygen atoms in total. The molecule has 1 aliphatic rings. The standard InChI is InChI=1S/C23H28N2O3/c1-16(2)18-7-9-19(10-8-18)17(3)24-11-13-25(14-12-24)22(26)20-5-4-6-21(15-20)23(27)28/h4-10,15-17H,11-14H2,1-3H3,(H,27,28)/t17-/m0/s1. The molecular formula is C23H28N2O3. The number of aromatic carboxylic acids is 1. The number of benzene rings is 2. The summed E-state index contributed by atoms with van der Waals surface area (Å²) in [6.07, 6.45) is 0.